The standard InChI is InChI=1S/C18H23F3N2O3/c1-4-23-11-17(2,3)26-16(25)14(23)9-15(24)22-10-12-7-5-6-8-13(12)18(19,20)21/h5-8,14H,4,9-11H2,1-3H3,(H,22,24). The number of rotatable bonds is 5. The Balaban J connectivity index is 2.00. The highest BCUT2D eigenvalue weighted by molar-refractivity contribution is 5.86. The summed E-state index contributed by atoms with van der Waals surface area (Å²) in [6.07, 6.45) is -4.64. The topological polar surface area (TPSA) is 58.6 Å². The molecule has 1 saturated heterocycles. The monoisotopic (exact) mass is 372 g/mol. The van der Waals surface area contributed by atoms with Gasteiger partial charge in [0.05, 0.1) is 12.0 Å². The molecule has 5 nitrogen and oxygen atoms in total. The molecule has 1 atom stereocenters. The third kappa shape index (κ3) is 4.97. The zero-order valence-corrected chi connectivity index (χ0v) is 15.0. The Bertz CT molecular complexity index is 674. The summed E-state index contributed by atoms with van der Waals surface area (Å²) in [7, 11) is 0. The number of morpholine rings is 1. The lowest BCUT2D eigenvalue weighted by Gasteiger charge is -2.41. The number of carbonyl (C=O) groups excluding carboxylic acids is 2. The number of halogens is 3. The van der Waals surface area contributed by atoms with Crippen molar-refractivity contribution in [1.82, 2.24) is 10.2 Å². The van der Waals surface area contributed by atoms with Gasteiger partial charge in [-0.3, -0.25) is 14.5 Å². The fourth-order valence-corrected chi connectivity index (χ4v) is 3.06. The van der Waals surface area contributed by atoms with Crippen LogP contribution in [0.4, 0.5) is 13.2 Å². The number of alkyl halides is 3. The van der Waals surface area contributed by atoms with Gasteiger partial charge in [-0.25, -0.2) is 0 Å². The van der Waals surface area contributed by atoms with Crippen molar-refractivity contribution < 1.29 is 27.5 Å². The number of hydrogen-bond donors (Lipinski definition) is 1. The fraction of sp³-hybridized carbons (Fsp3) is 0.556. The van der Waals surface area contributed by atoms with E-state index in [0.29, 0.717) is 13.1 Å². The van der Waals surface area contributed by atoms with Gasteiger partial charge in [-0.2, -0.15) is 13.2 Å². The Hall–Kier alpha value is -2.09. The van der Waals surface area contributed by atoms with Crippen LogP contribution in [0.3, 0.4) is 0 Å². The SMILES string of the molecule is CCN1CC(C)(C)OC(=O)C1CC(=O)NCc1ccccc1C(F)(F)F. The van der Waals surface area contributed by atoms with Crippen molar-refractivity contribution in [3.05, 3.63) is 35.4 Å². The van der Waals surface area contributed by atoms with Gasteiger partial charge in [0.1, 0.15) is 11.6 Å². The number of benzene rings is 1. The molecule has 1 fully saturated rings. The molecule has 1 unspecified atom stereocenters. The van der Waals surface area contributed by atoms with E-state index in [0.717, 1.165) is 6.07 Å². The molecule has 0 spiro atoms. The Morgan fingerprint density at radius 2 is 2.00 bits per heavy atom. The fourth-order valence-electron chi connectivity index (χ4n) is 3.06. The van der Waals surface area contributed by atoms with Crippen molar-refractivity contribution in [3.63, 3.8) is 0 Å². The van der Waals surface area contributed by atoms with E-state index >= 15 is 0 Å². The maximum absolute atomic E-state index is 13.0. The number of hydrogen-bond acceptors (Lipinski definition) is 4. The number of esters is 1. The molecule has 8 heteroatoms. The molecule has 1 amide bonds. The molecule has 1 aliphatic heterocycles. The molecule has 1 heterocycles. The largest absolute Gasteiger partial charge is 0.457 e. The van der Waals surface area contributed by atoms with Gasteiger partial charge >= 0.3 is 12.1 Å². The molecule has 1 aromatic rings. The van der Waals surface area contributed by atoms with Crippen molar-refractivity contribution >= 4 is 11.9 Å². The maximum atomic E-state index is 13.0. The Morgan fingerprint density at radius 3 is 2.62 bits per heavy atom. The van der Waals surface area contributed by atoms with E-state index in [2.05, 4.69) is 5.32 Å². The van der Waals surface area contributed by atoms with E-state index in [1.807, 2.05) is 11.8 Å². The van der Waals surface area contributed by atoms with Gasteiger partial charge in [0.25, 0.3) is 0 Å². The molecule has 1 aromatic carbocycles. The average molecular weight is 372 g/mol. The lowest BCUT2D eigenvalue weighted by Crippen LogP contribution is -2.57. The van der Waals surface area contributed by atoms with Gasteiger partial charge in [-0.15, -0.1) is 0 Å². The van der Waals surface area contributed by atoms with Crippen molar-refractivity contribution in [2.45, 2.75) is 51.6 Å². The number of cyclic esters (lactones) is 1. The summed E-state index contributed by atoms with van der Waals surface area (Å²) < 4.78 is 44.3. The molecule has 0 bridgehead atoms. The van der Waals surface area contributed by atoms with Crippen LogP contribution in [0, 0.1) is 0 Å². The zero-order valence-electron chi connectivity index (χ0n) is 15.0. The van der Waals surface area contributed by atoms with E-state index in [-0.39, 0.29) is 18.5 Å². The normalized spacial score (nSPS) is 20.5. The first kappa shape index (κ1) is 20.2. The molecule has 26 heavy (non-hydrogen) atoms. The zero-order chi connectivity index (χ0) is 19.5. The predicted octanol–water partition coefficient (Wildman–Crippen LogP) is 2.74. The summed E-state index contributed by atoms with van der Waals surface area (Å²) in [5.74, 6) is -0.990. The minimum absolute atomic E-state index is 0.0203. The van der Waals surface area contributed by atoms with Gasteiger partial charge in [0.15, 0.2) is 0 Å². The van der Waals surface area contributed by atoms with Crippen LogP contribution in [-0.4, -0.2) is 41.5 Å². The van der Waals surface area contributed by atoms with E-state index < -0.39 is 35.3 Å². The van der Waals surface area contributed by atoms with Gasteiger partial charge < -0.3 is 10.1 Å². The van der Waals surface area contributed by atoms with Crippen molar-refractivity contribution in [2.24, 2.45) is 0 Å². The molecular weight excluding hydrogens is 349 g/mol. The molecule has 1 N–H and O–H groups in total. The van der Waals surface area contributed by atoms with Crippen molar-refractivity contribution in [1.29, 1.82) is 0 Å². The molecule has 2 rings (SSSR count). The average Bonchev–Trinajstić information content (AvgIpc) is 2.54. The first-order chi connectivity index (χ1) is 12.0. The highest BCUT2D eigenvalue weighted by Crippen LogP contribution is 2.31. The Labute approximate surface area is 150 Å². The summed E-state index contributed by atoms with van der Waals surface area (Å²) in [6.45, 7) is 6.25. The quantitative estimate of drug-likeness (QED) is 0.808. The summed E-state index contributed by atoms with van der Waals surface area (Å²) >= 11 is 0. The van der Waals surface area contributed by atoms with E-state index in [1.165, 1.54) is 18.2 Å². The number of ether oxygens (including phenoxy) is 1. The molecule has 1 aliphatic rings. The number of nitrogens with one attached hydrogen (secondary N) is 1. The van der Waals surface area contributed by atoms with Crippen LogP contribution in [0.2, 0.25) is 0 Å². The van der Waals surface area contributed by atoms with Crippen LogP contribution in [0.5, 0.6) is 0 Å². The molecule has 0 saturated carbocycles. The van der Waals surface area contributed by atoms with Crippen LogP contribution in [-0.2, 0) is 27.0 Å². The van der Waals surface area contributed by atoms with Gasteiger partial charge in [-0.05, 0) is 32.0 Å². The summed E-state index contributed by atoms with van der Waals surface area (Å²) in [5.41, 5.74) is -1.44. The molecule has 0 radical (unpaired) electrons. The summed E-state index contributed by atoms with van der Waals surface area (Å²) in [5, 5.41) is 2.47. The first-order valence-electron chi connectivity index (χ1n) is 8.42. The number of likely N-dealkylation sites (N-methyl/N-ethyl adjacent to an activating group) is 1. The maximum Gasteiger partial charge on any atom is 0.416 e. The lowest BCUT2D eigenvalue weighted by atomic mass is 10.0. The van der Waals surface area contributed by atoms with Crippen LogP contribution in [0.25, 0.3) is 0 Å². The molecule has 0 aromatic heterocycles. The van der Waals surface area contributed by atoms with Crippen LogP contribution in [0.15, 0.2) is 24.3 Å². The molecular formula is C18H23F3N2O3. The second-order valence-electron chi connectivity index (χ2n) is 6.90. The van der Waals surface area contributed by atoms with E-state index in [1.54, 1.807) is 13.8 Å². The highest BCUT2D eigenvalue weighted by Gasteiger charge is 2.40. The van der Waals surface area contributed by atoms with Crippen molar-refractivity contribution in [3.8, 4) is 0 Å². The van der Waals surface area contributed by atoms with E-state index in [9.17, 15) is 22.8 Å². The first-order valence-corrected chi connectivity index (χ1v) is 8.42. The van der Waals surface area contributed by atoms with Crippen LogP contribution < -0.4 is 5.32 Å². The summed E-state index contributed by atoms with van der Waals surface area (Å²) in [6, 6.07) is 4.34. The lowest BCUT2D eigenvalue weighted by molar-refractivity contribution is -0.178. The molecule has 0 aliphatic carbocycles. The smallest absolute Gasteiger partial charge is 0.416 e. The van der Waals surface area contributed by atoms with E-state index in [4.69, 9.17) is 4.74 Å². The third-order valence-corrected chi connectivity index (χ3v) is 4.26. The van der Waals surface area contributed by atoms with Crippen LogP contribution in [0.1, 0.15) is 38.3 Å². The molecule has 144 valence electrons. The Kier molecular flexibility index (Phi) is 5.95. The summed E-state index contributed by atoms with van der Waals surface area (Å²) in [4.78, 5) is 26.2. The van der Waals surface area contributed by atoms with Crippen molar-refractivity contribution in [2.75, 3.05) is 13.1 Å². The number of amides is 1. The van der Waals surface area contributed by atoms with Gasteiger partial charge in [0.2, 0.25) is 5.91 Å². The second kappa shape index (κ2) is 7.65. The number of nitrogens with zero attached hydrogens (tertiary/aromatic N) is 1. The van der Waals surface area contributed by atoms with Crippen LogP contribution >= 0.6 is 0 Å². The van der Waals surface area contributed by atoms with Gasteiger partial charge in [0, 0.05) is 13.1 Å². The van der Waals surface area contributed by atoms with Gasteiger partial charge in [-0.1, -0.05) is 25.1 Å². The third-order valence-electron chi connectivity index (χ3n) is 4.26. The minimum Gasteiger partial charge on any atom is -0.457 e. The second-order valence-corrected chi connectivity index (χ2v) is 6.90. The number of carbonyl (C=O) groups is 2. The predicted molar refractivity (Wildman–Crippen MR) is 89.1 cm³/mol. The minimum atomic E-state index is -4.49. The Morgan fingerprint density at radius 1 is 1.35 bits per heavy atom. The highest BCUT2D eigenvalue weighted by atomic mass is 19.4.